The largest absolute Gasteiger partial charge is 0.263 e. The summed E-state index contributed by atoms with van der Waals surface area (Å²) in [6.45, 7) is 1.69. The van der Waals surface area contributed by atoms with E-state index in [-0.39, 0.29) is 10.7 Å². The summed E-state index contributed by atoms with van der Waals surface area (Å²) in [7, 11) is -3.74. The van der Waals surface area contributed by atoms with Crippen molar-refractivity contribution >= 4 is 15.8 Å². The van der Waals surface area contributed by atoms with E-state index in [2.05, 4.69) is 9.71 Å². The lowest BCUT2D eigenvalue weighted by Gasteiger charge is -2.09. The fraction of sp³-hybridized carbons (Fsp3) is 0.0833. The van der Waals surface area contributed by atoms with E-state index in [0.717, 1.165) is 6.07 Å². The number of rotatable bonds is 3. The van der Waals surface area contributed by atoms with Crippen molar-refractivity contribution in [3.63, 3.8) is 0 Å². The SMILES string of the molecule is Cc1ccccc1S(=O)(=O)Nc1cccc(F)n1. The van der Waals surface area contributed by atoms with Crippen molar-refractivity contribution in [1.29, 1.82) is 0 Å². The number of anilines is 1. The topological polar surface area (TPSA) is 59.1 Å². The molecular weight excluding hydrogens is 255 g/mol. The molecule has 0 aliphatic carbocycles. The molecule has 0 atom stereocenters. The van der Waals surface area contributed by atoms with Crippen LogP contribution in [0.5, 0.6) is 0 Å². The summed E-state index contributed by atoms with van der Waals surface area (Å²) >= 11 is 0. The van der Waals surface area contributed by atoms with Gasteiger partial charge in [0, 0.05) is 0 Å². The molecule has 0 unspecified atom stereocenters. The van der Waals surface area contributed by atoms with Gasteiger partial charge in [0.05, 0.1) is 4.90 Å². The Morgan fingerprint density at radius 2 is 1.83 bits per heavy atom. The van der Waals surface area contributed by atoms with E-state index in [4.69, 9.17) is 0 Å². The predicted octanol–water partition coefficient (Wildman–Crippen LogP) is 2.33. The second kappa shape index (κ2) is 4.73. The number of aromatic nitrogens is 1. The number of pyridine rings is 1. The van der Waals surface area contributed by atoms with Crippen LogP contribution in [0.1, 0.15) is 5.56 Å². The van der Waals surface area contributed by atoms with Crippen molar-refractivity contribution in [3.05, 3.63) is 54.0 Å². The smallest absolute Gasteiger partial charge is 0.263 e. The number of halogens is 1. The molecular formula is C12H11FN2O2S. The number of nitrogens with one attached hydrogen (secondary N) is 1. The van der Waals surface area contributed by atoms with Gasteiger partial charge in [-0.1, -0.05) is 24.3 Å². The maximum absolute atomic E-state index is 12.9. The average Bonchev–Trinajstić information content (AvgIpc) is 2.28. The van der Waals surface area contributed by atoms with E-state index in [0.29, 0.717) is 5.56 Å². The lowest BCUT2D eigenvalue weighted by molar-refractivity contribution is 0.584. The zero-order valence-corrected chi connectivity index (χ0v) is 10.4. The van der Waals surface area contributed by atoms with E-state index in [1.807, 2.05) is 0 Å². The maximum atomic E-state index is 12.9. The molecule has 1 aromatic heterocycles. The van der Waals surface area contributed by atoms with E-state index < -0.39 is 16.0 Å². The zero-order valence-electron chi connectivity index (χ0n) is 9.59. The summed E-state index contributed by atoms with van der Waals surface area (Å²) in [5.74, 6) is -0.779. The van der Waals surface area contributed by atoms with Crippen LogP contribution in [0.4, 0.5) is 10.2 Å². The fourth-order valence-electron chi connectivity index (χ4n) is 1.52. The first-order valence-electron chi connectivity index (χ1n) is 5.20. The number of benzene rings is 1. The first kappa shape index (κ1) is 12.5. The molecule has 0 saturated carbocycles. The highest BCUT2D eigenvalue weighted by atomic mass is 32.2. The molecule has 1 heterocycles. The van der Waals surface area contributed by atoms with Crippen LogP contribution in [-0.4, -0.2) is 13.4 Å². The molecule has 4 nitrogen and oxygen atoms in total. The second-order valence-electron chi connectivity index (χ2n) is 3.72. The molecule has 1 N–H and O–H groups in total. The molecule has 18 heavy (non-hydrogen) atoms. The monoisotopic (exact) mass is 266 g/mol. The van der Waals surface area contributed by atoms with Crippen LogP contribution in [0, 0.1) is 12.9 Å². The Hall–Kier alpha value is -1.95. The third-order valence-electron chi connectivity index (χ3n) is 2.34. The normalized spacial score (nSPS) is 11.2. The van der Waals surface area contributed by atoms with Gasteiger partial charge in [-0.3, -0.25) is 4.72 Å². The Balaban J connectivity index is 2.37. The molecule has 2 rings (SSSR count). The molecule has 6 heteroatoms. The lowest BCUT2D eigenvalue weighted by atomic mass is 10.2. The summed E-state index contributed by atoms with van der Waals surface area (Å²) in [6, 6.07) is 10.5. The molecule has 0 saturated heterocycles. The number of hydrogen-bond acceptors (Lipinski definition) is 3. The van der Waals surface area contributed by atoms with Crippen molar-refractivity contribution in [2.45, 2.75) is 11.8 Å². The minimum Gasteiger partial charge on any atom is -0.263 e. The van der Waals surface area contributed by atoms with Crippen molar-refractivity contribution in [2.75, 3.05) is 4.72 Å². The van der Waals surface area contributed by atoms with Gasteiger partial charge in [-0.15, -0.1) is 0 Å². The van der Waals surface area contributed by atoms with Gasteiger partial charge in [0.15, 0.2) is 0 Å². The molecule has 0 radical (unpaired) electrons. The third kappa shape index (κ3) is 2.65. The minimum atomic E-state index is -3.74. The summed E-state index contributed by atoms with van der Waals surface area (Å²) in [6.07, 6.45) is 0. The van der Waals surface area contributed by atoms with Gasteiger partial charge in [-0.05, 0) is 30.7 Å². The molecule has 0 spiro atoms. The Kier molecular flexibility index (Phi) is 3.29. The van der Waals surface area contributed by atoms with Crippen LogP contribution >= 0.6 is 0 Å². The van der Waals surface area contributed by atoms with Crippen LogP contribution in [0.15, 0.2) is 47.4 Å². The highest BCUT2D eigenvalue weighted by Crippen LogP contribution is 2.17. The van der Waals surface area contributed by atoms with Crippen LogP contribution in [-0.2, 0) is 10.0 Å². The van der Waals surface area contributed by atoms with Gasteiger partial charge in [0.25, 0.3) is 10.0 Å². The highest BCUT2D eigenvalue weighted by molar-refractivity contribution is 7.92. The number of nitrogens with zero attached hydrogens (tertiary/aromatic N) is 1. The van der Waals surface area contributed by atoms with E-state index in [1.54, 1.807) is 25.1 Å². The molecule has 0 aliphatic heterocycles. The first-order valence-corrected chi connectivity index (χ1v) is 6.68. The molecule has 0 amide bonds. The fourth-order valence-corrected chi connectivity index (χ4v) is 2.76. The van der Waals surface area contributed by atoms with Gasteiger partial charge in [-0.25, -0.2) is 13.4 Å². The standard InChI is InChI=1S/C12H11FN2O2S/c1-9-5-2-3-6-10(9)18(16,17)15-12-8-4-7-11(13)14-12/h2-8H,1H3,(H,14,15). The van der Waals surface area contributed by atoms with Crippen molar-refractivity contribution < 1.29 is 12.8 Å². The van der Waals surface area contributed by atoms with Gasteiger partial charge in [0.1, 0.15) is 5.82 Å². The quantitative estimate of drug-likeness (QED) is 0.867. The van der Waals surface area contributed by atoms with Crippen molar-refractivity contribution in [3.8, 4) is 0 Å². The van der Waals surface area contributed by atoms with Crippen LogP contribution in [0.2, 0.25) is 0 Å². The van der Waals surface area contributed by atoms with Gasteiger partial charge in [-0.2, -0.15) is 4.39 Å². The zero-order chi connectivity index (χ0) is 13.2. The van der Waals surface area contributed by atoms with Crippen molar-refractivity contribution in [1.82, 2.24) is 4.98 Å². The number of sulfonamides is 1. The van der Waals surface area contributed by atoms with E-state index >= 15 is 0 Å². The molecule has 0 fully saturated rings. The molecule has 0 aliphatic rings. The maximum Gasteiger partial charge on any atom is 0.263 e. The van der Waals surface area contributed by atoms with Crippen molar-refractivity contribution in [2.24, 2.45) is 0 Å². The number of hydrogen-bond donors (Lipinski definition) is 1. The summed E-state index contributed by atoms with van der Waals surface area (Å²) in [4.78, 5) is 3.61. The highest BCUT2D eigenvalue weighted by Gasteiger charge is 2.16. The summed E-state index contributed by atoms with van der Waals surface area (Å²) in [5, 5.41) is 0. The molecule has 0 bridgehead atoms. The van der Waals surface area contributed by atoms with Gasteiger partial charge >= 0.3 is 0 Å². The van der Waals surface area contributed by atoms with Gasteiger partial charge in [0.2, 0.25) is 5.95 Å². The Labute approximate surface area is 105 Å². The summed E-state index contributed by atoms with van der Waals surface area (Å²) in [5.41, 5.74) is 0.612. The molecule has 1 aromatic carbocycles. The summed E-state index contributed by atoms with van der Waals surface area (Å²) < 4.78 is 39.2. The lowest BCUT2D eigenvalue weighted by Crippen LogP contribution is -2.15. The third-order valence-corrected chi connectivity index (χ3v) is 3.85. The second-order valence-corrected chi connectivity index (χ2v) is 5.37. The minimum absolute atomic E-state index is 0.0433. The van der Waals surface area contributed by atoms with Crippen LogP contribution < -0.4 is 4.72 Å². The Bertz CT molecular complexity index is 671. The molecule has 2 aromatic rings. The van der Waals surface area contributed by atoms with E-state index in [1.165, 1.54) is 18.2 Å². The van der Waals surface area contributed by atoms with Crippen LogP contribution in [0.25, 0.3) is 0 Å². The average molecular weight is 266 g/mol. The van der Waals surface area contributed by atoms with E-state index in [9.17, 15) is 12.8 Å². The van der Waals surface area contributed by atoms with Crippen LogP contribution in [0.3, 0.4) is 0 Å². The Morgan fingerprint density at radius 3 is 2.50 bits per heavy atom. The molecule has 94 valence electrons. The number of aryl methyl sites for hydroxylation is 1. The Morgan fingerprint density at radius 1 is 1.11 bits per heavy atom. The van der Waals surface area contributed by atoms with Gasteiger partial charge < -0.3 is 0 Å². The first-order chi connectivity index (χ1) is 8.49. The predicted molar refractivity (Wildman–Crippen MR) is 66.2 cm³/mol.